The molecule has 92 valence electrons. The van der Waals surface area contributed by atoms with Gasteiger partial charge in [-0.25, -0.2) is 4.68 Å². The zero-order chi connectivity index (χ0) is 13.4. The second kappa shape index (κ2) is 4.10. The summed E-state index contributed by atoms with van der Waals surface area (Å²) >= 11 is 0. The number of aromatic nitrogens is 3. The van der Waals surface area contributed by atoms with Gasteiger partial charge < -0.3 is 5.73 Å². The molecule has 0 aliphatic carbocycles. The summed E-state index contributed by atoms with van der Waals surface area (Å²) in [5.41, 5.74) is 8.67. The first-order chi connectivity index (χ1) is 9.20. The summed E-state index contributed by atoms with van der Waals surface area (Å²) in [6.45, 7) is 1.88. The van der Waals surface area contributed by atoms with E-state index < -0.39 is 0 Å². The molecule has 19 heavy (non-hydrogen) atoms. The van der Waals surface area contributed by atoms with Crippen molar-refractivity contribution in [3.63, 3.8) is 0 Å². The molecule has 0 spiro atoms. The van der Waals surface area contributed by atoms with Gasteiger partial charge in [-0.2, -0.15) is 10.4 Å². The lowest BCUT2D eigenvalue weighted by Gasteiger charge is -2.07. The monoisotopic (exact) mass is 249 g/mol. The van der Waals surface area contributed by atoms with Crippen LogP contribution < -0.4 is 5.73 Å². The number of para-hydroxylation sites is 1. The average Bonchev–Trinajstić information content (AvgIpc) is 2.77. The zero-order valence-corrected chi connectivity index (χ0v) is 10.3. The number of hydrogen-bond donors (Lipinski definition) is 1. The van der Waals surface area contributed by atoms with E-state index in [1.807, 2.05) is 37.4 Å². The van der Waals surface area contributed by atoms with E-state index in [4.69, 9.17) is 5.73 Å². The maximum absolute atomic E-state index is 9.25. The lowest BCUT2D eigenvalue weighted by Crippen LogP contribution is -2.01. The molecule has 5 heteroatoms. The Morgan fingerprint density at radius 2 is 2.11 bits per heavy atom. The number of rotatable bonds is 1. The fourth-order valence-corrected chi connectivity index (χ4v) is 2.04. The molecular formula is C14H11N5. The molecule has 2 heterocycles. The smallest absolute Gasteiger partial charge is 0.148 e. The third-order valence-corrected chi connectivity index (χ3v) is 3.03. The van der Waals surface area contributed by atoms with E-state index in [0.717, 1.165) is 16.5 Å². The normalized spacial score (nSPS) is 10.5. The summed E-state index contributed by atoms with van der Waals surface area (Å²) in [4.78, 5) is 4.27. The number of aryl methyl sites for hydroxylation is 1. The molecule has 2 N–H and O–H groups in total. The standard InChI is InChI=1S/C14H11N5/c1-9-8-19(18-14(9)16)13-10(6-15)7-17-12-5-3-2-4-11(12)13/h2-5,7-8H,1H3,(H2,16,18). The molecule has 5 nitrogen and oxygen atoms in total. The van der Waals surface area contributed by atoms with Crippen LogP contribution in [0.5, 0.6) is 0 Å². The van der Waals surface area contributed by atoms with Gasteiger partial charge >= 0.3 is 0 Å². The number of nitriles is 1. The van der Waals surface area contributed by atoms with Crippen molar-refractivity contribution in [2.45, 2.75) is 6.92 Å². The Morgan fingerprint density at radius 3 is 2.79 bits per heavy atom. The van der Waals surface area contributed by atoms with Gasteiger partial charge in [-0.3, -0.25) is 4.98 Å². The van der Waals surface area contributed by atoms with Crippen LogP contribution in [-0.2, 0) is 0 Å². The van der Waals surface area contributed by atoms with Crippen LogP contribution >= 0.6 is 0 Å². The van der Waals surface area contributed by atoms with Crippen LogP contribution in [0.2, 0.25) is 0 Å². The van der Waals surface area contributed by atoms with Crippen molar-refractivity contribution < 1.29 is 0 Å². The van der Waals surface area contributed by atoms with E-state index in [2.05, 4.69) is 16.2 Å². The Kier molecular flexibility index (Phi) is 2.43. The Bertz CT molecular complexity index is 791. The van der Waals surface area contributed by atoms with Crippen LogP contribution in [0.25, 0.3) is 16.6 Å². The van der Waals surface area contributed by atoms with Gasteiger partial charge in [-0.15, -0.1) is 0 Å². The summed E-state index contributed by atoms with van der Waals surface area (Å²) in [7, 11) is 0. The lowest BCUT2D eigenvalue weighted by molar-refractivity contribution is 0.888. The van der Waals surface area contributed by atoms with Crippen LogP contribution in [-0.4, -0.2) is 14.8 Å². The predicted octanol–water partition coefficient (Wildman–Crippen LogP) is 2.18. The summed E-state index contributed by atoms with van der Waals surface area (Å²) in [5, 5.41) is 14.4. The zero-order valence-electron chi connectivity index (χ0n) is 10.3. The predicted molar refractivity (Wildman–Crippen MR) is 72.7 cm³/mol. The summed E-state index contributed by atoms with van der Waals surface area (Å²) in [6, 6.07) is 9.80. The van der Waals surface area contributed by atoms with E-state index in [1.54, 1.807) is 10.9 Å². The third-order valence-electron chi connectivity index (χ3n) is 3.03. The fourth-order valence-electron chi connectivity index (χ4n) is 2.04. The lowest BCUT2D eigenvalue weighted by atomic mass is 10.1. The molecule has 0 radical (unpaired) electrons. The Hall–Kier alpha value is -2.87. The molecule has 0 atom stereocenters. The number of benzene rings is 1. The maximum Gasteiger partial charge on any atom is 0.148 e. The van der Waals surface area contributed by atoms with E-state index in [9.17, 15) is 5.26 Å². The van der Waals surface area contributed by atoms with Gasteiger partial charge in [0.25, 0.3) is 0 Å². The molecule has 1 aromatic carbocycles. The number of nitrogens with zero attached hydrogens (tertiary/aromatic N) is 4. The second-order valence-electron chi connectivity index (χ2n) is 4.29. The molecule has 0 unspecified atom stereocenters. The van der Waals surface area contributed by atoms with Gasteiger partial charge in [0.05, 0.1) is 16.8 Å². The van der Waals surface area contributed by atoms with Crippen LogP contribution in [0.3, 0.4) is 0 Å². The van der Waals surface area contributed by atoms with Gasteiger partial charge in [0.15, 0.2) is 0 Å². The number of pyridine rings is 1. The Balaban J connectivity index is 2.41. The molecule has 0 saturated carbocycles. The van der Waals surface area contributed by atoms with E-state index in [0.29, 0.717) is 17.1 Å². The number of anilines is 1. The van der Waals surface area contributed by atoms with Crippen molar-refractivity contribution in [3.05, 3.63) is 47.8 Å². The highest BCUT2D eigenvalue weighted by Crippen LogP contribution is 2.24. The Morgan fingerprint density at radius 1 is 1.32 bits per heavy atom. The third kappa shape index (κ3) is 1.70. The first-order valence-electron chi connectivity index (χ1n) is 5.80. The number of nitrogen functional groups attached to an aromatic ring is 1. The quantitative estimate of drug-likeness (QED) is 0.716. The first kappa shape index (κ1) is 11.2. The summed E-state index contributed by atoms with van der Waals surface area (Å²) < 4.78 is 1.65. The highest BCUT2D eigenvalue weighted by atomic mass is 15.3. The summed E-state index contributed by atoms with van der Waals surface area (Å²) in [5.74, 6) is 0.463. The molecule has 3 rings (SSSR count). The van der Waals surface area contributed by atoms with Crippen LogP contribution in [0, 0.1) is 18.3 Å². The topological polar surface area (TPSA) is 80.5 Å². The van der Waals surface area contributed by atoms with Crippen LogP contribution in [0.1, 0.15) is 11.1 Å². The molecule has 0 aliphatic rings. The van der Waals surface area contributed by atoms with E-state index in [-0.39, 0.29) is 0 Å². The highest BCUT2D eigenvalue weighted by molar-refractivity contribution is 5.89. The molecule has 0 aliphatic heterocycles. The van der Waals surface area contributed by atoms with Crippen molar-refractivity contribution in [3.8, 4) is 11.8 Å². The van der Waals surface area contributed by atoms with Gasteiger partial charge in [0, 0.05) is 23.3 Å². The molecule has 2 aromatic heterocycles. The summed E-state index contributed by atoms with van der Waals surface area (Å²) in [6.07, 6.45) is 3.38. The molecule has 3 aromatic rings. The van der Waals surface area contributed by atoms with Crippen molar-refractivity contribution >= 4 is 16.7 Å². The maximum atomic E-state index is 9.25. The minimum absolute atomic E-state index is 0.463. The van der Waals surface area contributed by atoms with E-state index in [1.165, 1.54) is 0 Å². The van der Waals surface area contributed by atoms with Crippen LogP contribution in [0.15, 0.2) is 36.7 Å². The van der Waals surface area contributed by atoms with Gasteiger partial charge in [-0.05, 0) is 13.0 Å². The number of fused-ring (bicyclic) bond motifs is 1. The molecule has 0 fully saturated rings. The first-order valence-corrected chi connectivity index (χ1v) is 5.80. The van der Waals surface area contributed by atoms with Gasteiger partial charge in [-0.1, -0.05) is 18.2 Å². The number of nitrogens with two attached hydrogens (primary N) is 1. The van der Waals surface area contributed by atoms with Crippen molar-refractivity contribution in [1.82, 2.24) is 14.8 Å². The average molecular weight is 249 g/mol. The molecular weight excluding hydrogens is 238 g/mol. The fraction of sp³-hybridized carbons (Fsp3) is 0.0714. The minimum atomic E-state index is 0.463. The minimum Gasteiger partial charge on any atom is -0.382 e. The van der Waals surface area contributed by atoms with Gasteiger partial charge in [0.1, 0.15) is 11.9 Å². The van der Waals surface area contributed by atoms with E-state index >= 15 is 0 Å². The molecule has 0 saturated heterocycles. The van der Waals surface area contributed by atoms with Crippen molar-refractivity contribution in [2.24, 2.45) is 0 Å². The number of hydrogen-bond acceptors (Lipinski definition) is 4. The Labute approximate surface area is 109 Å². The SMILES string of the molecule is Cc1cn(-c2c(C#N)cnc3ccccc23)nc1N. The highest BCUT2D eigenvalue weighted by Gasteiger charge is 2.12. The largest absolute Gasteiger partial charge is 0.382 e. The van der Waals surface area contributed by atoms with Crippen molar-refractivity contribution in [2.75, 3.05) is 5.73 Å². The molecule has 0 amide bonds. The van der Waals surface area contributed by atoms with Crippen molar-refractivity contribution in [1.29, 1.82) is 5.26 Å². The van der Waals surface area contributed by atoms with Gasteiger partial charge in [0.2, 0.25) is 0 Å². The second-order valence-corrected chi connectivity index (χ2v) is 4.29. The molecule has 0 bridgehead atoms. The van der Waals surface area contributed by atoms with Crippen LogP contribution in [0.4, 0.5) is 5.82 Å².